The fourth-order valence-electron chi connectivity index (χ4n) is 1.04. The van der Waals surface area contributed by atoms with Crippen molar-refractivity contribution in [3.8, 4) is 0 Å². The van der Waals surface area contributed by atoms with E-state index in [9.17, 15) is 0 Å². The number of hydrogen-bond acceptors (Lipinski definition) is 2. The fraction of sp³-hybridized carbons (Fsp3) is 0.250. The van der Waals surface area contributed by atoms with Crippen molar-refractivity contribution in [3.05, 3.63) is 41.6 Å². The first kappa shape index (κ1) is 14.3. The molecule has 0 saturated heterocycles. The Labute approximate surface area is 102 Å². The maximum atomic E-state index is 5.71. The summed E-state index contributed by atoms with van der Waals surface area (Å²) in [5, 5.41) is 1.67. The van der Waals surface area contributed by atoms with Crippen LogP contribution in [0.4, 0.5) is 0 Å². The zero-order chi connectivity index (χ0) is 11.7. The number of hydrogen-bond donors (Lipinski definition) is 1. The third-order valence-corrected chi connectivity index (χ3v) is 1.77. The Kier molecular flexibility index (Phi) is 8.15. The van der Waals surface area contributed by atoms with Gasteiger partial charge in [-0.1, -0.05) is 43.6 Å². The van der Waals surface area contributed by atoms with Gasteiger partial charge in [0, 0.05) is 5.39 Å². The van der Waals surface area contributed by atoms with Crippen LogP contribution in [0, 0.1) is 0 Å². The van der Waals surface area contributed by atoms with E-state index in [0.717, 1.165) is 10.9 Å². The number of nitrogens with zero attached hydrogens (tertiary/aromatic N) is 1. The lowest BCUT2D eigenvalue weighted by molar-refractivity contribution is 1.41. The highest BCUT2D eigenvalue weighted by molar-refractivity contribution is 7.79. The van der Waals surface area contributed by atoms with Crippen LogP contribution < -0.4 is 0 Å². The number of benzene rings is 1. The van der Waals surface area contributed by atoms with Crippen molar-refractivity contribution in [1.82, 2.24) is 4.98 Å². The largest absolute Gasteiger partial charge is 0.236 e. The summed E-state index contributed by atoms with van der Waals surface area (Å²) in [5.74, 6) is 0. The molecule has 3 heteroatoms. The molecule has 0 aliphatic heterocycles. The highest BCUT2D eigenvalue weighted by Crippen LogP contribution is 2.13. The zero-order valence-corrected chi connectivity index (χ0v) is 10.9. The fourth-order valence-corrected chi connectivity index (χ4v) is 1.20. The van der Waals surface area contributed by atoms with E-state index >= 15 is 0 Å². The summed E-state index contributed by atoms with van der Waals surface area (Å²) in [5.41, 5.74) is 0.944. The Morgan fingerprint density at radius 2 is 1.60 bits per heavy atom. The summed E-state index contributed by atoms with van der Waals surface area (Å²) in [6, 6.07) is 11.7. The van der Waals surface area contributed by atoms with Gasteiger partial charge in [0.05, 0.1) is 5.52 Å². The second kappa shape index (κ2) is 8.57. The van der Waals surface area contributed by atoms with Gasteiger partial charge in [0.2, 0.25) is 0 Å². The molecule has 0 N–H and O–H groups in total. The summed E-state index contributed by atoms with van der Waals surface area (Å²) in [6.07, 6.45) is 1.69. The number of para-hydroxylation sites is 1. The molecule has 82 valence electrons. The first-order chi connectivity index (χ1) is 7.36. The van der Waals surface area contributed by atoms with Gasteiger partial charge in [-0.25, -0.2) is 4.98 Å². The van der Waals surface area contributed by atoms with Crippen LogP contribution in [0.3, 0.4) is 0 Å². The maximum Gasteiger partial charge on any atom is 0.129 e. The molecule has 1 heterocycles. The molecular weight excluding hydrogens is 226 g/mol. The third kappa shape index (κ3) is 4.54. The van der Waals surface area contributed by atoms with E-state index in [4.69, 9.17) is 11.6 Å². The van der Waals surface area contributed by atoms with E-state index in [1.165, 1.54) is 0 Å². The first-order valence-electron chi connectivity index (χ1n) is 4.82. The molecular formula is C12H16ClNS. The molecule has 0 aliphatic rings. The lowest BCUT2D eigenvalue weighted by Gasteiger charge is -1.94. The van der Waals surface area contributed by atoms with Crippen molar-refractivity contribution in [3.63, 3.8) is 0 Å². The summed E-state index contributed by atoms with van der Waals surface area (Å²) >= 11 is 9.24. The number of thiol groups is 1. The number of rotatable bonds is 0. The molecule has 0 aliphatic carbocycles. The molecule has 0 bridgehead atoms. The van der Waals surface area contributed by atoms with Crippen LogP contribution in [0.15, 0.2) is 36.4 Å². The van der Waals surface area contributed by atoms with E-state index in [0.29, 0.717) is 5.15 Å². The highest BCUT2D eigenvalue weighted by atomic mass is 35.5. The topological polar surface area (TPSA) is 12.9 Å². The average molecular weight is 242 g/mol. The Morgan fingerprint density at radius 1 is 1.00 bits per heavy atom. The third-order valence-electron chi connectivity index (χ3n) is 1.56. The molecule has 0 saturated carbocycles. The van der Waals surface area contributed by atoms with Crippen LogP contribution in [0.5, 0.6) is 0 Å². The second-order valence-electron chi connectivity index (χ2n) is 2.33. The van der Waals surface area contributed by atoms with Crippen LogP contribution in [0.2, 0.25) is 5.15 Å². The average Bonchev–Trinajstić information content (AvgIpc) is 2.34. The molecule has 2 rings (SSSR count). The maximum absolute atomic E-state index is 5.71. The number of pyridine rings is 1. The van der Waals surface area contributed by atoms with E-state index in [-0.39, 0.29) is 0 Å². The standard InChI is InChI=1S/C9H6ClN.C2H6.CH4S/c10-9-6-5-7-3-1-2-4-8(7)11-9;2*1-2/h1-6H;1-2H3;2H,1H3. The number of halogens is 1. The van der Waals surface area contributed by atoms with Crippen molar-refractivity contribution in [2.24, 2.45) is 0 Å². The molecule has 0 spiro atoms. The smallest absolute Gasteiger partial charge is 0.129 e. The lowest BCUT2D eigenvalue weighted by Crippen LogP contribution is -1.76. The molecule has 1 aromatic heterocycles. The van der Waals surface area contributed by atoms with E-state index in [1.807, 2.05) is 44.2 Å². The normalized spacial score (nSPS) is 8.33. The van der Waals surface area contributed by atoms with Crippen molar-refractivity contribution in [2.45, 2.75) is 13.8 Å². The number of fused-ring (bicyclic) bond motifs is 1. The molecule has 1 nitrogen and oxygen atoms in total. The van der Waals surface area contributed by atoms with Gasteiger partial charge < -0.3 is 0 Å². The van der Waals surface area contributed by atoms with Gasteiger partial charge in [-0.2, -0.15) is 12.6 Å². The highest BCUT2D eigenvalue weighted by Gasteiger charge is 1.92. The van der Waals surface area contributed by atoms with Crippen LogP contribution >= 0.6 is 24.2 Å². The number of aromatic nitrogens is 1. The van der Waals surface area contributed by atoms with E-state index in [1.54, 1.807) is 12.3 Å². The minimum atomic E-state index is 0.545. The van der Waals surface area contributed by atoms with Crippen molar-refractivity contribution < 1.29 is 0 Å². The molecule has 1 aromatic carbocycles. The minimum Gasteiger partial charge on any atom is -0.236 e. The summed E-state index contributed by atoms with van der Waals surface area (Å²) in [4.78, 5) is 4.14. The van der Waals surface area contributed by atoms with Gasteiger partial charge in [-0.15, -0.1) is 0 Å². The predicted molar refractivity (Wildman–Crippen MR) is 73.0 cm³/mol. The molecule has 15 heavy (non-hydrogen) atoms. The van der Waals surface area contributed by atoms with E-state index < -0.39 is 0 Å². The van der Waals surface area contributed by atoms with Gasteiger partial charge in [-0.05, 0) is 24.5 Å². The Morgan fingerprint density at radius 3 is 2.27 bits per heavy atom. The molecule has 0 unspecified atom stereocenters. The molecule has 0 radical (unpaired) electrons. The lowest BCUT2D eigenvalue weighted by atomic mass is 10.2. The Bertz CT molecular complexity index is 390. The van der Waals surface area contributed by atoms with E-state index in [2.05, 4.69) is 17.6 Å². The molecule has 0 atom stereocenters. The summed E-state index contributed by atoms with van der Waals surface area (Å²) in [7, 11) is 0. The minimum absolute atomic E-state index is 0.545. The Hall–Kier alpha value is -0.730. The summed E-state index contributed by atoms with van der Waals surface area (Å²) < 4.78 is 0. The van der Waals surface area contributed by atoms with Crippen LogP contribution in [0.1, 0.15) is 13.8 Å². The van der Waals surface area contributed by atoms with Gasteiger partial charge in [0.25, 0.3) is 0 Å². The molecule has 0 amide bonds. The Balaban J connectivity index is 0.000000442. The van der Waals surface area contributed by atoms with Crippen molar-refractivity contribution in [2.75, 3.05) is 6.26 Å². The van der Waals surface area contributed by atoms with Gasteiger partial charge >= 0.3 is 0 Å². The van der Waals surface area contributed by atoms with Crippen LogP contribution in [-0.2, 0) is 0 Å². The van der Waals surface area contributed by atoms with Crippen LogP contribution in [-0.4, -0.2) is 11.2 Å². The van der Waals surface area contributed by atoms with Gasteiger partial charge in [0.15, 0.2) is 0 Å². The van der Waals surface area contributed by atoms with Crippen molar-refractivity contribution >= 4 is 35.1 Å². The van der Waals surface area contributed by atoms with Crippen molar-refractivity contribution in [1.29, 1.82) is 0 Å². The molecule has 2 aromatic rings. The monoisotopic (exact) mass is 241 g/mol. The second-order valence-corrected chi connectivity index (χ2v) is 2.71. The quantitative estimate of drug-likeness (QED) is 0.531. The predicted octanol–water partition coefficient (Wildman–Crippen LogP) is 4.46. The van der Waals surface area contributed by atoms with Gasteiger partial charge in [-0.3, -0.25) is 0 Å². The SMILES string of the molecule is CC.CS.Clc1ccc2ccccc2n1. The zero-order valence-electron chi connectivity index (χ0n) is 9.24. The first-order valence-corrected chi connectivity index (χ1v) is 6.09. The molecule has 0 fully saturated rings. The van der Waals surface area contributed by atoms with Gasteiger partial charge in [0.1, 0.15) is 5.15 Å². The van der Waals surface area contributed by atoms with Crippen LogP contribution in [0.25, 0.3) is 10.9 Å². The summed E-state index contributed by atoms with van der Waals surface area (Å²) in [6.45, 7) is 4.00.